The van der Waals surface area contributed by atoms with E-state index >= 15 is 0 Å². The van der Waals surface area contributed by atoms with Crippen LogP contribution in [0, 0.1) is 12.3 Å². The van der Waals surface area contributed by atoms with Gasteiger partial charge in [-0.2, -0.15) is 0 Å². The molecule has 3 nitrogen and oxygen atoms in total. The first-order valence-corrected chi connectivity index (χ1v) is 8.46. The second-order valence-corrected chi connectivity index (χ2v) is 9.42. The molecule has 0 spiro atoms. The van der Waals surface area contributed by atoms with E-state index in [1.807, 2.05) is 33.8 Å². The van der Waals surface area contributed by atoms with Crippen molar-refractivity contribution in [3.05, 3.63) is 29.3 Å². The molecule has 1 N–H and O–H groups in total. The van der Waals surface area contributed by atoms with Gasteiger partial charge in [0.2, 0.25) is 0 Å². The lowest BCUT2D eigenvalue weighted by molar-refractivity contribution is 0.0117. The standard InChI is InChI=1S/C16H24O3S/c1-10-8-7-9-12-13(10)11(2)14(17)15(3,4)16(5,6)20(12,18)19/h7-9,11,14,17H,1-6H3/t11-,14?/m1/s1. The quantitative estimate of drug-likeness (QED) is 0.800. The van der Waals surface area contributed by atoms with Crippen LogP contribution in [0.3, 0.4) is 0 Å². The second kappa shape index (κ2) is 4.31. The van der Waals surface area contributed by atoms with E-state index in [0.717, 1.165) is 11.1 Å². The van der Waals surface area contributed by atoms with Gasteiger partial charge in [0.25, 0.3) is 0 Å². The summed E-state index contributed by atoms with van der Waals surface area (Å²) >= 11 is 0. The predicted octanol–water partition coefficient (Wildman–Crippen LogP) is 3.05. The topological polar surface area (TPSA) is 54.4 Å². The number of hydrogen-bond donors (Lipinski definition) is 1. The third-order valence-electron chi connectivity index (χ3n) is 5.47. The zero-order chi connectivity index (χ0) is 15.5. The fourth-order valence-corrected chi connectivity index (χ4v) is 5.49. The molecular formula is C16H24O3S. The van der Waals surface area contributed by atoms with Gasteiger partial charge in [0.15, 0.2) is 9.84 Å². The number of rotatable bonds is 0. The highest BCUT2D eigenvalue weighted by Crippen LogP contribution is 2.51. The molecule has 1 unspecified atom stereocenters. The molecule has 0 amide bonds. The lowest BCUT2D eigenvalue weighted by Gasteiger charge is -2.43. The zero-order valence-corrected chi connectivity index (χ0v) is 13.9. The predicted molar refractivity (Wildman–Crippen MR) is 80.6 cm³/mol. The minimum Gasteiger partial charge on any atom is -0.392 e. The molecule has 0 radical (unpaired) electrons. The molecule has 0 saturated heterocycles. The Bertz CT molecular complexity index is 642. The normalized spacial score (nSPS) is 30.4. The highest BCUT2D eigenvalue weighted by Gasteiger charge is 2.56. The summed E-state index contributed by atoms with van der Waals surface area (Å²) in [7, 11) is -3.51. The SMILES string of the molecule is Cc1cccc2c1[C@@H](C)C(O)C(C)(C)C(C)(C)S2(=O)=O. The van der Waals surface area contributed by atoms with Crippen LogP contribution in [0.1, 0.15) is 51.7 Å². The first-order valence-electron chi connectivity index (χ1n) is 6.98. The van der Waals surface area contributed by atoms with Gasteiger partial charge in [-0.1, -0.05) is 32.9 Å². The molecule has 4 heteroatoms. The van der Waals surface area contributed by atoms with Crippen molar-refractivity contribution in [3.63, 3.8) is 0 Å². The van der Waals surface area contributed by atoms with Gasteiger partial charge < -0.3 is 5.11 Å². The van der Waals surface area contributed by atoms with Crippen molar-refractivity contribution < 1.29 is 13.5 Å². The van der Waals surface area contributed by atoms with Crippen LogP contribution in [0.5, 0.6) is 0 Å². The largest absolute Gasteiger partial charge is 0.392 e. The molecule has 0 fully saturated rings. The van der Waals surface area contributed by atoms with Gasteiger partial charge >= 0.3 is 0 Å². The van der Waals surface area contributed by atoms with Crippen LogP contribution in [0.25, 0.3) is 0 Å². The van der Waals surface area contributed by atoms with E-state index in [9.17, 15) is 13.5 Å². The Labute approximate surface area is 121 Å². The number of aliphatic hydroxyl groups excluding tert-OH is 1. The molecule has 1 aliphatic heterocycles. The molecule has 2 atom stereocenters. The molecule has 0 aromatic heterocycles. The minimum atomic E-state index is -3.51. The van der Waals surface area contributed by atoms with Crippen LogP contribution in [-0.4, -0.2) is 24.4 Å². The summed E-state index contributed by atoms with van der Waals surface area (Å²) in [6.07, 6.45) is -0.713. The molecule has 0 saturated carbocycles. The zero-order valence-electron chi connectivity index (χ0n) is 13.1. The molecule has 1 heterocycles. The minimum absolute atomic E-state index is 0.210. The van der Waals surface area contributed by atoms with Crippen LogP contribution in [-0.2, 0) is 9.84 Å². The Kier molecular flexibility index (Phi) is 3.34. The van der Waals surface area contributed by atoms with Gasteiger partial charge in [0, 0.05) is 11.3 Å². The summed E-state index contributed by atoms with van der Waals surface area (Å²) in [6.45, 7) is 10.9. The summed E-state index contributed by atoms with van der Waals surface area (Å²) < 4.78 is 25.2. The number of sulfone groups is 1. The van der Waals surface area contributed by atoms with Gasteiger partial charge in [-0.15, -0.1) is 0 Å². The molecule has 0 aliphatic carbocycles. The monoisotopic (exact) mass is 296 g/mol. The van der Waals surface area contributed by atoms with Crippen molar-refractivity contribution in [2.24, 2.45) is 5.41 Å². The molecule has 1 aliphatic rings. The number of fused-ring (bicyclic) bond motifs is 1. The maximum atomic E-state index is 13.1. The van der Waals surface area contributed by atoms with Crippen LogP contribution in [0.15, 0.2) is 23.1 Å². The van der Waals surface area contributed by atoms with Gasteiger partial charge in [-0.05, 0) is 38.0 Å². The molecule has 20 heavy (non-hydrogen) atoms. The average Bonchev–Trinajstić information content (AvgIpc) is 2.37. The molecule has 1 aromatic carbocycles. The fraction of sp³-hybridized carbons (Fsp3) is 0.625. The molecule has 2 rings (SSSR count). The van der Waals surface area contributed by atoms with Gasteiger partial charge in [-0.25, -0.2) is 8.42 Å². The fourth-order valence-electron chi connectivity index (χ4n) is 3.23. The van der Waals surface area contributed by atoms with E-state index in [0.29, 0.717) is 4.90 Å². The lowest BCUT2D eigenvalue weighted by Crippen LogP contribution is -2.51. The molecule has 1 aromatic rings. The Morgan fingerprint density at radius 1 is 1.15 bits per heavy atom. The number of aliphatic hydroxyl groups is 1. The highest BCUT2D eigenvalue weighted by molar-refractivity contribution is 7.93. The van der Waals surface area contributed by atoms with Gasteiger partial charge in [0.1, 0.15) is 0 Å². The molecule has 112 valence electrons. The Morgan fingerprint density at radius 3 is 2.25 bits per heavy atom. The van der Waals surface area contributed by atoms with E-state index in [1.54, 1.807) is 26.0 Å². The van der Waals surface area contributed by atoms with Crippen LogP contribution in [0.4, 0.5) is 0 Å². The van der Waals surface area contributed by atoms with Crippen molar-refractivity contribution in [2.75, 3.05) is 0 Å². The number of aryl methyl sites for hydroxylation is 1. The molecular weight excluding hydrogens is 272 g/mol. The van der Waals surface area contributed by atoms with E-state index in [2.05, 4.69) is 0 Å². The summed E-state index contributed by atoms with van der Waals surface area (Å²) in [6, 6.07) is 5.35. The second-order valence-electron chi connectivity index (χ2n) is 6.96. The third kappa shape index (κ3) is 1.70. The van der Waals surface area contributed by atoms with Gasteiger partial charge in [0.05, 0.1) is 15.7 Å². The summed E-state index contributed by atoms with van der Waals surface area (Å²) in [5.74, 6) is -0.210. The first kappa shape index (κ1) is 15.5. The van der Waals surface area contributed by atoms with Gasteiger partial charge in [-0.3, -0.25) is 0 Å². The average molecular weight is 296 g/mol. The summed E-state index contributed by atoms with van der Waals surface area (Å²) in [4.78, 5) is 0.375. The smallest absolute Gasteiger partial charge is 0.184 e. The van der Waals surface area contributed by atoms with Crippen molar-refractivity contribution in [1.29, 1.82) is 0 Å². The number of hydrogen-bond acceptors (Lipinski definition) is 3. The Morgan fingerprint density at radius 2 is 1.70 bits per heavy atom. The van der Waals surface area contributed by atoms with E-state index in [1.165, 1.54) is 0 Å². The molecule has 0 bridgehead atoms. The van der Waals surface area contributed by atoms with Crippen molar-refractivity contribution in [1.82, 2.24) is 0 Å². The summed E-state index contributed by atoms with van der Waals surface area (Å²) in [5, 5.41) is 10.8. The van der Waals surface area contributed by atoms with Crippen molar-refractivity contribution in [3.8, 4) is 0 Å². The highest BCUT2D eigenvalue weighted by atomic mass is 32.2. The van der Waals surface area contributed by atoms with Crippen LogP contribution in [0.2, 0.25) is 0 Å². The van der Waals surface area contributed by atoms with Crippen LogP contribution >= 0.6 is 0 Å². The maximum absolute atomic E-state index is 13.1. The van der Waals surface area contributed by atoms with E-state index in [4.69, 9.17) is 0 Å². The van der Waals surface area contributed by atoms with Crippen molar-refractivity contribution >= 4 is 9.84 Å². The number of benzene rings is 1. The lowest BCUT2D eigenvalue weighted by atomic mass is 9.70. The maximum Gasteiger partial charge on any atom is 0.184 e. The summed E-state index contributed by atoms with van der Waals surface area (Å²) in [5.41, 5.74) is 0.946. The van der Waals surface area contributed by atoms with E-state index < -0.39 is 26.1 Å². The Hall–Kier alpha value is -0.870. The Balaban J connectivity index is 2.93. The van der Waals surface area contributed by atoms with Crippen LogP contribution < -0.4 is 0 Å². The van der Waals surface area contributed by atoms with Crippen molar-refractivity contribution in [2.45, 2.75) is 63.2 Å². The first-order chi connectivity index (χ1) is 8.96. The third-order valence-corrected chi connectivity index (χ3v) is 8.27. The van der Waals surface area contributed by atoms with E-state index in [-0.39, 0.29) is 5.92 Å².